The van der Waals surface area contributed by atoms with Gasteiger partial charge in [-0.1, -0.05) is 35.0 Å². The number of hydrogen-bond donors (Lipinski definition) is 1. The third kappa shape index (κ3) is 2.28. The molecule has 0 radical (unpaired) electrons. The van der Waals surface area contributed by atoms with E-state index in [0.717, 1.165) is 5.56 Å². The van der Waals surface area contributed by atoms with Gasteiger partial charge in [0, 0.05) is 12.5 Å². The highest BCUT2D eigenvalue weighted by Crippen LogP contribution is 2.11. The number of hydrogen-bond acceptors (Lipinski definition) is 3. The van der Waals surface area contributed by atoms with Crippen LogP contribution in [0.4, 0.5) is 0 Å². The molecule has 2 aromatic rings. The molecule has 0 unspecified atom stereocenters. The van der Waals surface area contributed by atoms with Crippen molar-refractivity contribution < 1.29 is 14.4 Å². The number of rotatable bonds is 3. The van der Waals surface area contributed by atoms with Gasteiger partial charge < -0.3 is 9.63 Å². The summed E-state index contributed by atoms with van der Waals surface area (Å²) < 4.78 is 4.68. The van der Waals surface area contributed by atoms with E-state index < -0.39 is 5.97 Å². The van der Waals surface area contributed by atoms with Crippen molar-refractivity contribution in [3.8, 4) is 0 Å². The second-order valence-corrected chi connectivity index (χ2v) is 3.65. The molecule has 0 saturated heterocycles. The largest absolute Gasteiger partial charge is 0.475 e. The van der Waals surface area contributed by atoms with E-state index in [9.17, 15) is 4.79 Å². The van der Waals surface area contributed by atoms with Gasteiger partial charge >= 0.3 is 5.97 Å². The third-order valence-electron chi connectivity index (χ3n) is 2.24. The summed E-state index contributed by atoms with van der Waals surface area (Å²) in [7, 11) is 0. The van der Waals surface area contributed by atoms with Gasteiger partial charge in [-0.05, 0) is 12.5 Å². The Labute approximate surface area is 92.5 Å². The minimum absolute atomic E-state index is 0.123. The maximum absolute atomic E-state index is 10.6. The van der Waals surface area contributed by atoms with E-state index in [1.54, 1.807) is 0 Å². The van der Waals surface area contributed by atoms with E-state index in [1.807, 2.05) is 31.2 Å². The van der Waals surface area contributed by atoms with Crippen LogP contribution in [0.2, 0.25) is 0 Å². The van der Waals surface area contributed by atoms with Gasteiger partial charge in [0.05, 0.1) is 5.69 Å². The van der Waals surface area contributed by atoms with Gasteiger partial charge in [-0.2, -0.15) is 0 Å². The maximum Gasteiger partial charge on any atom is 0.374 e. The first kappa shape index (κ1) is 10.4. The molecular weight excluding hydrogens is 206 g/mol. The molecule has 16 heavy (non-hydrogen) atoms. The van der Waals surface area contributed by atoms with Crippen molar-refractivity contribution in [2.75, 3.05) is 0 Å². The fourth-order valence-corrected chi connectivity index (χ4v) is 1.53. The lowest BCUT2D eigenvalue weighted by molar-refractivity contribution is 0.0652. The SMILES string of the molecule is Cc1cccc(Cc2cc(C(=O)O)on2)c1. The number of carboxylic acid groups (broad SMARTS) is 1. The minimum atomic E-state index is -1.09. The van der Waals surface area contributed by atoms with Crippen molar-refractivity contribution in [1.82, 2.24) is 5.16 Å². The molecule has 0 aliphatic rings. The smallest absolute Gasteiger partial charge is 0.374 e. The highest BCUT2D eigenvalue weighted by Gasteiger charge is 2.11. The Balaban J connectivity index is 2.17. The summed E-state index contributed by atoms with van der Waals surface area (Å²) in [6, 6.07) is 9.43. The van der Waals surface area contributed by atoms with Crippen LogP contribution in [-0.4, -0.2) is 16.2 Å². The van der Waals surface area contributed by atoms with Crippen LogP contribution in [0.15, 0.2) is 34.9 Å². The van der Waals surface area contributed by atoms with Gasteiger partial charge in [0.1, 0.15) is 0 Å². The molecule has 0 atom stereocenters. The Morgan fingerprint density at radius 3 is 2.88 bits per heavy atom. The molecule has 2 rings (SSSR count). The topological polar surface area (TPSA) is 63.3 Å². The van der Waals surface area contributed by atoms with Gasteiger partial charge in [-0.3, -0.25) is 0 Å². The summed E-state index contributed by atoms with van der Waals surface area (Å²) in [6.07, 6.45) is 0.582. The number of nitrogens with zero attached hydrogens (tertiary/aromatic N) is 1. The van der Waals surface area contributed by atoms with Crippen molar-refractivity contribution in [3.05, 3.63) is 52.9 Å². The van der Waals surface area contributed by atoms with Crippen LogP contribution < -0.4 is 0 Å². The van der Waals surface area contributed by atoms with Crippen molar-refractivity contribution in [2.45, 2.75) is 13.3 Å². The summed E-state index contributed by atoms with van der Waals surface area (Å²) in [5.41, 5.74) is 2.88. The van der Waals surface area contributed by atoms with E-state index in [2.05, 4.69) is 9.68 Å². The second-order valence-electron chi connectivity index (χ2n) is 3.65. The molecule has 0 aliphatic carbocycles. The lowest BCUT2D eigenvalue weighted by Crippen LogP contribution is -1.92. The number of aromatic carboxylic acids is 1. The Kier molecular flexibility index (Phi) is 2.72. The summed E-state index contributed by atoms with van der Waals surface area (Å²) in [5.74, 6) is -1.22. The molecule has 1 aromatic heterocycles. The van der Waals surface area contributed by atoms with Gasteiger partial charge in [-0.15, -0.1) is 0 Å². The van der Waals surface area contributed by atoms with E-state index in [1.165, 1.54) is 11.6 Å². The van der Waals surface area contributed by atoms with Gasteiger partial charge in [0.2, 0.25) is 5.76 Å². The predicted octanol–water partition coefficient (Wildman–Crippen LogP) is 2.27. The molecule has 0 fully saturated rings. The number of benzene rings is 1. The first-order chi connectivity index (χ1) is 7.65. The third-order valence-corrected chi connectivity index (χ3v) is 2.24. The zero-order valence-corrected chi connectivity index (χ0v) is 8.80. The molecular formula is C12H11NO3. The van der Waals surface area contributed by atoms with Crippen molar-refractivity contribution >= 4 is 5.97 Å². The molecule has 0 amide bonds. The summed E-state index contributed by atoms with van der Waals surface area (Å²) in [5, 5.41) is 12.4. The average molecular weight is 217 g/mol. The van der Waals surface area contributed by atoms with E-state index >= 15 is 0 Å². The summed E-state index contributed by atoms with van der Waals surface area (Å²) in [4.78, 5) is 10.6. The van der Waals surface area contributed by atoms with Crippen LogP contribution in [0.5, 0.6) is 0 Å². The second kappa shape index (κ2) is 4.18. The molecule has 82 valence electrons. The maximum atomic E-state index is 10.6. The van der Waals surface area contributed by atoms with Crippen LogP contribution in [0.25, 0.3) is 0 Å². The first-order valence-electron chi connectivity index (χ1n) is 4.89. The molecule has 4 nitrogen and oxygen atoms in total. The standard InChI is InChI=1S/C12H11NO3/c1-8-3-2-4-9(5-8)6-10-7-11(12(14)15)16-13-10/h2-5,7H,6H2,1H3,(H,14,15). The van der Waals surface area contributed by atoms with Crippen LogP contribution >= 0.6 is 0 Å². The summed E-state index contributed by atoms with van der Waals surface area (Å²) >= 11 is 0. The fourth-order valence-electron chi connectivity index (χ4n) is 1.53. The van der Waals surface area contributed by atoms with E-state index in [4.69, 9.17) is 5.11 Å². The first-order valence-corrected chi connectivity index (χ1v) is 4.89. The Morgan fingerprint density at radius 1 is 1.44 bits per heavy atom. The number of aryl methyl sites for hydroxylation is 1. The van der Waals surface area contributed by atoms with Crippen LogP contribution in [-0.2, 0) is 6.42 Å². The lowest BCUT2D eigenvalue weighted by atomic mass is 10.1. The molecule has 4 heteroatoms. The fraction of sp³-hybridized carbons (Fsp3) is 0.167. The van der Waals surface area contributed by atoms with E-state index in [0.29, 0.717) is 12.1 Å². The molecule has 1 heterocycles. The Bertz CT molecular complexity index is 516. The van der Waals surface area contributed by atoms with Crippen molar-refractivity contribution in [3.63, 3.8) is 0 Å². The molecule has 1 N–H and O–H groups in total. The minimum Gasteiger partial charge on any atom is -0.475 e. The van der Waals surface area contributed by atoms with Crippen molar-refractivity contribution in [2.24, 2.45) is 0 Å². The van der Waals surface area contributed by atoms with Crippen LogP contribution in [0, 0.1) is 6.92 Å². The molecule has 0 spiro atoms. The molecule has 0 bridgehead atoms. The highest BCUT2D eigenvalue weighted by molar-refractivity contribution is 5.84. The molecule has 0 saturated carbocycles. The zero-order valence-electron chi connectivity index (χ0n) is 8.80. The highest BCUT2D eigenvalue weighted by atomic mass is 16.5. The average Bonchev–Trinajstić information content (AvgIpc) is 2.66. The number of aromatic nitrogens is 1. The lowest BCUT2D eigenvalue weighted by Gasteiger charge is -1.98. The van der Waals surface area contributed by atoms with Crippen LogP contribution in [0.3, 0.4) is 0 Å². The number of carboxylic acids is 1. The summed E-state index contributed by atoms with van der Waals surface area (Å²) in [6.45, 7) is 2.01. The Hall–Kier alpha value is -2.10. The van der Waals surface area contributed by atoms with E-state index in [-0.39, 0.29) is 5.76 Å². The zero-order chi connectivity index (χ0) is 11.5. The monoisotopic (exact) mass is 217 g/mol. The number of carbonyl (C=O) groups is 1. The van der Waals surface area contributed by atoms with Crippen molar-refractivity contribution in [1.29, 1.82) is 0 Å². The molecule has 0 aliphatic heterocycles. The predicted molar refractivity (Wildman–Crippen MR) is 57.4 cm³/mol. The quantitative estimate of drug-likeness (QED) is 0.856. The van der Waals surface area contributed by atoms with Gasteiger partial charge in [-0.25, -0.2) is 4.79 Å². The van der Waals surface area contributed by atoms with Gasteiger partial charge in [0.15, 0.2) is 0 Å². The van der Waals surface area contributed by atoms with Crippen LogP contribution in [0.1, 0.15) is 27.4 Å². The Morgan fingerprint density at radius 2 is 2.25 bits per heavy atom. The van der Waals surface area contributed by atoms with Gasteiger partial charge in [0.25, 0.3) is 0 Å². The normalized spacial score (nSPS) is 10.3. The molecule has 1 aromatic carbocycles.